The van der Waals surface area contributed by atoms with Crippen molar-refractivity contribution >= 4 is 27.7 Å². The predicted molar refractivity (Wildman–Crippen MR) is 74.4 cm³/mol. The maximum absolute atomic E-state index is 12.1. The number of nitrogens with one attached hydrogen (secondary N) is 1. The molecule has 0 aliphatic rings. The summed E-state index contributed by atoms with van der Waals surface area (Å²) >= 11 is 3.30. The van der Waals surface area contributed by atoms with Crippen LogP contribution in [0.3, 0.4) is 0 Å². The Bertz CT molecular complexity index is 624. The van der Waals surface area contributed by atoms with Gasteiger partial charge in [-0.1, -0.05) is 0 Å². The molecule has 0 radical (unpaired) electrons. The molecule has 100 valence electrons. The first-order valence-electron chi connectivity index (χ1n) is 5.54. The summed E-state index contributed by atoms with van der Waals surface area (Å²) in [4.78, 5) is 16.3. The fourth-order valence-corrected chi connectivity index (χ4v) is 1.98. The quantitative estimate of drug-likeness (QED) is 0.939. The van der Waals surface area contributed by atoms with Crippen LogP contribution in [0.4, 0.5) is 5.82 Å². The summed E-state index contributed by atoms with van der Waals surface area (Å²) in [5, 5.41) is 6.79. The molecule has 0 unspecified atom stereocenters. The lowest BCUT2D eigenvalue weighted by Crippen LogP contribution is -2.15. The van der Waals surface area contributed by atoms with Gasteiger partial charge in [0.15, 0.2) is 5.82 Å². The normalized spacial score (nSPS) is 10.3. The second-order valence-electron chi connectivity index (χ2n) is 3.93. The first-order chi connectivity index (χ1) is 9.01. The molecule has 0 bridgehead atoms. The summed E-state index contributed by atoms with van der Waals surface area (Å²) in [5.41, 5.74) is 1.09. The molecule has 2 rings (SSSR count). The number of aryl methyl sites for hydroxylation is 2. The van der Waals surface area contributed by atoms with Crippen molar-refractivity contribution in [1.82, 2.24) is 14.8 Å². The SMILES string of the molecule is COc1cc(NC(=O)c2nc(C)ccc2Br)nn1C. The Morgan fingerprint density at radius 2 is 2.21 bits per heavy atom. The van der Waals surface area contributed by atoms with E-state index in [4.69, 9.17) is 4.74 Å². The molecule has 0 spiro atoms. The van der Waals surface area contributed by atoms with Gasteiger partial charge in [0, 0.05) is 23.3 Å². The van der Waals surface area contributed by atoms with E-state index in [0.717, 1.165) is 5.69 Å². The number of hydrogen-bond donors (Lipinski definition) is 1. The van der Waals surface area contributed by atoms with Crippen LogP contribution in [-0.2, 0) is 7.05 Å². The summed E-state index contributed by atoms with van der Waals surface area (Å²) < 4.78 is 7.25. The minimum atomic E-state index is -0.323. The Labute approximate surface area is 118 Å². The molecule has 0 aliphatic heterocycles. The fraction of sp³-hybridized carbons (Fsp3) is 0.250. The van der Waals surface area contributed by atoms with Gasteiger partial charge in [0.1, 0.15) is 5.69 Å². The Hall–Kier alpha value is -1.89. The minimum absolute atomic E-state index is 0.323. The smallest absolute Gasteiger partial charge is 0.276 e. The first-order valence-corrected chi connectivity index (χ1v) is 6.33. The second-order valence-corrected chi connectivity index (χ2v) is 4.79. The molecule has 0 saturated heterocycles. The molecule has 0 fully saturated rings. The number of carbonyl (C=O) groups is 1. The number of carbonyl (C=O) groups excluding carboxylic acids is 1. The van der Waals surface area contributed by atoms with Crippen LogP contribution in [0.15, 0.2) is 22.7 Å². The van der Waals surface area contributed by atoms with Crippen molar-refractivity contribution in [3.63, 3.8) is 0 Å². The van der Waals surface area contributed by atoms with Crippen LogP contribution in [0.2, 0.25) is 0 Å². The molecule has 6 nitrogen and oxygen atoms in total. The van der Waals surface area contributed by atoms with Gasteiger partial charge in [-0.05, 0) is 35.0 Å². The minimum Gasteiger partial charge on any atom is -0.481 e. The van der Waals surface area contributed by atoms with E-state index >= 15 is 0 Å². The third-order valence-electron chi connectivity index (χ3n) is 2.49. The molecule has 0 aliphatic carbocycles. The number of methoxy groups -OCH3 is 1. The molecular weight excluding hydrogens is 312 g/mol. The van der Waals surface area contributed by atoms with Gasteiger partial charge in [-0.25, -0.2) is 9.67 Å². The zero-order chi connectivity index (χ0) is 14.0. The third-order valence-corrected chi connectivity index (χ3v) is 3.13. The summed E-state index contributed by atoms with van der Waals surface area (Å²) in [6.45, 7) is 1.83. The highest BCUT2D eigenvalue weighted by Crippen LogP contribution is 2.19. The lowest BCUT2D eigenvalue weighted by atomic mass is 10.3. The zero-order valence-electron chi connectivity index (χ0n) is 10.8. The van der Waals surface area contributed by atoms with Gasteiger partial charge in [0.25, 0.3) is 5.91 Å². The van der Waals surface area contributed by atoms with E-state index in [0.29, 0.717) is 21.9 Å². The summed E-state index contributed by atoms with van der Waals surface area (Å²) in [6, 6.07) is 5.25. The summed E-state index contributed by atoms with van der Waals surface area (Å²) in [7, 11) is 3.27. The molecule has 2 aromatic rings. The van der Waals surface area contributed by atoms with Gasteiger partial charge in [-0.15, -0.1) is 0 Å². The van der Waals surface area contributed by atoms with Crippen molar-refractivity contribution in [1.29, 1.82) is 0 Å². The van der Waals surface area contributed by atoms with Crippen LogP contribution in [0.25, 0.3) is 0 Å². The number of ether oxygens (including phenoxy) is 1. The molecular formula is C12H13BrN4O2. The van der Waals surface area contributed by atoms with Gasteiger partial charge in [0.05, 0.1) is 7.11 Å². The summed E-state index contributed by atoms with van der Waals surface area (Å²) in [5.74, 6) is 0.655. The van der Waals surface area contributed by atoms with E-state index in [9.17, 15) is 4.79 Å². The van der Waals surface area contributed by atoms with E-state index in [1.807, 2.05) is 13.0 Å². The molecule has 2 aromatic heterocycles. The lowest BCUT2D eigenvalue weighted by Gasteiger charge is -2.04. The Morgan fingerprint density at radius 1 is 1.47 bits per heavy atom. The molecule has 0 atom stereocenters. The van der Waals surface area contributed by atoms with Crippen LogP contribution in [0, 0.1) is 6.92 Å². The van der Waals surface area contributed by atoms with Crippen LogP contribution in [-0.4, -0.2) is 27.8 Å². The number of hydrogen-bond acceptors (Lipinski definition) is 4. The van der Waals surface area contributed by atoms with Crippen LogP contribution >= 0.6 is 15.9 Å². The first kappa shape index (κ1) is 13.5. The topological polar surface area (TPSA) is 69.0 Å². The average Bonchev–Trinajstić information content (AvgIpc) is 2.72. The highest BCUT2D eigenvalue weighted by molar-refractivity contribution is 9.10. The Kier molecular flexibility index (Phi) is 3.84. The number of nitrogens with zero attached hydrogens (tertiary/aromatic N) is 3. The predicted octanol–water partition coefficient (Wildman–Crippen LogP) is 2.15. The second kappa shape index (κ2) is 5.40. The number of amides is 1. The largest absolute Gasteiger partial charge is 0.481 e. The highest BCUT2D eigenvalue weighted by atomic mass is 79.9. The Morgan fingerprint density at radius 3 is 2.84 bits per heavy atom. The van der Waals surface area contributed by atoms with Crippen molar-refractivity contribution in [2.24, 2.45) is 7.05 Å². The standard InChI is InChI=1S/C12H13BrN4O2/c1-7-4-5-8(13)11(14-7)12(18)15-9-6-10(19-3)17(2)16-9/h4-6H,1-3H3,(H,15,16,18). The highest BCUT2D eigenvalue weighted by Gasteiger charge is 2.14. The van der Waals surface area contributed by atoms with Gasteiger partial charge >= 0.3 is 0 Å². The molecule has 0 aromatic carbocycles. The van der Waals surface area contributed by atoms with Gasteiger partial charge < -0.3 is 10.1 Å². The molecule has 7 heteroatoms. The van der Waals surface area contributed by atoms with Gasteiger partial charge in [0.2, 0.25) is 5.88 Å². The van der Waals surface area contributed by atoms with Crippen molar-refractivity contribution in [3.8, 4) is 5.88 Å². The maximum Gasteiger partial charge on any atom is 0.276 e. The van der Waals surface area contributed by atoms with Gasteiger partial charge in [-0.3, -0.25) is 4.79 Å². The van der Waals surface area contributed by atoms with Crippen molar-refractivity contribution in [2.45, 2.75) is 6.92 Å². The third kappa shape index (κ3) is 2.93. The molecule has 1 amide bonds. The van der Waals surface area contributed by atoms with Gasteiger partial charge in [-0.2, -0.15) is 5.10 Å². The van der Waals surface area contributed by atoms with Crippen LogP contribution in [0.1, 0.15) is 16.2 Å². The van der Waals surface area contributed by atoms with Crippen molar-refractivity contribution < 1.29 is 9.53 Å². The van der Waals surface area contributed by atoms with Crippen molar-refractivity contribution in [2.75, 3.05) is 12.4 Å². The molecule has 1 N–H and O–H groups in total. The Balaban J connectivity index is 2.22. The van der Waals surface area contributed by atoms with E-state index in [1.165, 1.54) is 4.68 Å². The maximum atomic E-state index is 12.1. The monoisotopic (exact) mass is 324 g/mol. The van der Waals surface area contributed by atoms with E-state index in [2.05, 4.69) is 31.3 Å². The van der Waals surface area contributed by atoms with Crippen LogP contribution in [0.5, 0.6) is 5.88 Å². The average molecular weight is 325 g/mol. The molecule has 2 heterocycles. The number of aromatic nitrogens is 3. The number of pyridine rings is 1. The van der Waals surface area contributed by atoms with Crippen LogP contribution < -0.4 is 10.1 Å². The van der Waals surface area contributed by atoms with Crippen molar-refractivity contribution in [3.05, 3.63) is 34.1 Å². The number of rotatable bonds is 3. The fourth-order valence-electron chi connectivity index (χ4n) is 1.58. The molecule has 0 saturated carbocycles. The van der Waals surface area contributed by atoms with E-state index in [1.54, 1.807) is 26.3 Å². The summed E-state index contributed by atoms with van der Waals surface area (Å²) in [6.07, 6.45) is 0. The molecule has 19 heavy (non-hydrogen) atoms. The van der Waals surface area contributed by atoms with E-state index < -0.39 is 0 Å². The zero-order valence-corrected chi connectivity index (χ0v) is 12.4. The number of anilines is 1. The lowest BCUT2D eigenvalue weighted by molar-refractivity contribution is 0.102. The number of halogens is 1. The van der Waals surface area contributed by atoms with E-state index in [-0.39, 0.29) is 5.91 Å².